The Bertz CT molecular complexity index is 1210. The zero-order valence-electron chi connectivity index (χ0n) is 22.0. The first kappa shape index (κ1) is 24.9. The molecule has 2 aromatic rings. The van der Waals surface area contributed by atoms with Crippen LogP contribution < -0.4 is 16.4 Å². The highest BCUT2D eigenvalue weighted by molar-refractivity contribution is 6.13. The predicted octanol–water partition coefficient (Wildman–Crippen LogP) is 5.01. The van der Waals surface area contributed by atoms with Gasteiger partial charge in [-0.2, -0.15) is 0 Å². The molecule has 0 saturated heterocycles. The van der Waals surface area contributed by atoms with E-state index in [1.165, 1.54) is 0 Å². The third kappa shape index (κ3) is 3.75. The minimum absolute atomic E-state index is 0.0257. The minimum atomic E-state index is -0.541. The molecule has 0 amide bonds. The second-order valence-corrected chi connectivity index (χ2v) is 12.0. The summed E-state index contributed by atoms with van der Waals surface area (Å²) >= 11 is 0. The van der Waals surface area contributed by atoms with Crippen molar-refractivity contribution in [2.75, 3.05) is 4.90 Å². The summed E-state index contributed by atoms with van der Waals surface area (Å²) in [5.74, 6) is 0.0973. The summed E-state index contributed by atoms with van der Waals surface area (Å²) in [6.45, 7) is 9.52. The molecular weight excluding hydrogens is 446 g/mol. The van der Waals surface area contributed by atoms with E-state index in [2.05, 4.69) is 69.0 Å². The number of carbonyl (C=O) groups excluding carboxylic acids is 2. The molecule has 0 spiro atoms. The van der Waals surface area contributed by atoms with Gasteiger partial charge in [-0.3, -0.25) is 9.59 Å². The van der Waals surface area contributed by atoms with Crippen LogP contribution in [0.5, 0.6) is 0 Å². The van der Waals surface area contributed by atoms with Gasteiger partial charge in [0.05, 0.1) is 12.0 Å². The molecule has 2 saturated carbocycles. The molecule has 5 heteroatoms. The Morgan fingerprint density at radius 1 is 0.861 bits per heavy atom. The van der Waals surface area contributed by atoms with E-state index in [1.807, 2.05) is 12.1 Å². The van der Waals surface area contributed by atoms with Crippen LogP contribution in [0.2, 0.25) is 0 Å². The smallest absolute Gasteiger partial charge is 0.167 e. The Morgan fingerprint density at radius 3 is 2.03 bits per heavy atom. The Labute approximate surface area is 214 Å². The van der Waals surface area contributed by atoms with E-state index >= 15 is 0 Å². The Hall–Kier alpha value is -2.76. The fraction of sp³-hybridized carbons (Fsp3) is 0.484. The quantitative estimate of drug-likeness (QED) is 0.635. The normalized spacial score (nSPS) is 27.1. The van der Waals surface area contributed by atoms with Crippen LogP contribution in [-0.4, -0.2) is 23.7 Å². The molecule has 4 N–H and O–H groups in total. The fourth-order valence-corrected chi connectivity index (χ4v) is 6.58. The van der Waals surface area contributed by atoms with Crippen molar-refractivity contribution in [1.82, 2.24) is 0 Å². The Morgan fingerprint density at radius 2 is 1.44 bits per heavy atom. The average molecular weight is 486 g/mol. The average Bonchev–Trinajstić information content (AvgIpc) is 2.87. The van der Waals surface area contributed by atoms with Crippen molar-refractivity contribution in [3.63, 3.8) is 0 Å². The number of hydrogen-bond acceptors (Lipinski definition) is 5. The van der Waals surface area contributed by atoms with Crippen LogP contribution in [0, 0.1) is 16.7 Å². The minimum Gasteiger partial charge on any atom is -0.360 e. The van der Waals surface area contributed by atoms with Gasteiger partial charge in [0.15, 0.2) is 5.78 Å². The van der Waals surface area contributed by atoms with Gasteiger partial charge >= 0.3 is 0 Å². The second kappa shape index (κ2) is 8.97. The van der Waals surface area contributed by atoms with E-state index in [0.29, 0.717) is 19.5 Å². The van der Waals surface area contributed by atoms with E-state index in [0.717, 1.165) is 52.8 Å². The lowest BCUT2D eigenvalue weighted by Gasteiger charge is -2.58. The number of nitrogens with zero attached hydrogens (tertiary/aromatic N) is 1. The highest BCUT2D eigenvalue weighted by Gasteiger charge is 2.58. The molecule has 2 aliphatic carbocycles. The van der Waals surface area contributed by atoms with Gasteiger partial charge in [-0.1, -0.05) is 64.1 Å². The zero-order valence-corrected chi connectivity index (χ0v) is 22.0. The number of anilines is 1. The van der Waals surface area contributed by atoms with Gasteiger partial charge < -0.3 is 16.4 Å². The van der Waals surface area contributed by atoms with Crippen molar-refractivity contribution in [1.29, 1.82) is 0 Å². The van der Waals surface area contributed by atoms with Gasteiger partial charge in [0, 0.05) is 42.2 Å². The Kier molecular flexibility index (Phi) is 6.20. The molecule has 2 aromatic carbocycles. The number of ketones is 2. The van der Waals surface area contributed by atoms with Gasteiger partial charge in [-0.25, -0.2) is 0 Å². The fourth-order valence-electron chi connectivity index (χ4n) is 6.58. The molecule has 2 fully saturated rings. The van der Waals surface area contributed by atoms with Crippen LogP contribution in [0.1, 0.15) is 70.1 Å². The maximum Gasteiger partial charge on any atom is 0.167 e. The lowest BCUT2D eigenvalue weighted by Crippen LogP contribution is -2.62. The molecule has 0 radical (unpaired) electrons. The number of carbonyl (C=O) groups is 2. The first-order chi connectivity index (χ1) is 17.1. The van der Waals surface area contributed by atoms with Crippen molar-refractivity contribution >= 4 is 22.8 Å². The summed E-state index contributed by atoms with van der Waals surface area (Å²) in [6.07, 6.45) is 3.22. The number of hydrogen-bond donors (Lipinski definition) is 2. The van der Waals surface area contributed by atoms with Crippen LogP contribution in [0.25, 0.3) is 5.57 Å². The third-order valence-electron chi connectivity index (χ3n) is 9.46. The monoisotopic (exact) mass is 485 g/mol. The van der Waals surface area contributed by atoms with E-state index in [9.17, 15) is 9.59 Å². The van der Waals surface area contributed by atoms with E-state index in [1.54, 1.807) is 0 Å². The van der Waals surface area contributed by atoms with Crippen molar-refractivity contribution in [2.24, 2.45) is 28.2 Å². The summed E-state index contributed by atoms with van der Waals surface area (Å²) in [5, 5.41) is 0. The maximum absolute atomic E-state index is 14.4. The molecule has 5 rings (SSSR count). The topological polar surface area (TPSA) is 89.4 Å². The van der Waals surface area contributed by atoms with Crippen molar-refractivity contribution in [2.45, 2.75) is 78.6 Å². The van der Waals surface area contributed by atoms with Crippen LogP contribution in [-0.2, 0) is 22.7 Å². The molecule has 0 bridgehead atoms. The number of nitrogens with two attached hydrogens (primary N) is 2. The molecule has 0 aromatic heterocycles. The number of rotatable bonds is 4. The molecule has 1 heterocycles. The van der Waals surface area contributed by atoms with Gasteiger partial charge in [0.1, 0.15) is 5.78 Å². The Balaban J connectivity index is 1.78. The van der Waals surface area contributed by atoms with Gasteiger partial charge in [-0.15, -0.1) is 0 Å². The molecule has 1 aliphatic heterocycles. The summed E-state index contributed by atoms with van der Waals surface area (Å²) < 4.78 is 0. The zero-order chi connectivity index (χ0) is 25.8. The van der Waals surface area contributed by atoms with Gasteiger partial charge in [-0.05, 0) is 59.1 Å². The molecule has 3 atom stereocenters. The summed E-state index contributed by atoms with van der Waals surface area (Å²) in [6, 6.07) is 16.5. The summed E-state index contributed by atoms with van der Waals surface area (Å²) in [5.41, 5.74) is 17.0. The van der Waals surface area contributed by atoms with E-state index in [4.69, 9.17) is 11.5 Å². The first-order valence-corrected chi connectivity index (χ1v) is 13.3. The van der Waals surface area contributed by atoms with Crippen LogP contribution >= 0.6 is 0 Å². The SMILES string of the molecule is CC1(C)CC2C(=C(c3ccc(CN)cc3)C3C(=O)CCCC3N2c2ccc(CN)cc2)C(=O)C1(C)C. The van der Waals surface area contributed by atoms with Crippen LogP contribution in [0.15, 0.2) is 54.1 Å². The van der Waals surface area contributed by atoms with Crippen LogP contribution in [0.4, 0.5) is 5.69 Å². The predicted molar refractivity (Wildman–Crippen MR) is 145 cm³/mol. The summed E-state index contributed by atoms with van der Waals surface area (Å²) in [4.78, 5) is 30.5. The molecular formula is C31H39N3O2. The third-order valence-corrected chi connectivity index (χ3v) is 9.46. The first-order valence-electron chi connectivity index (χ1n) is 13.3. The van der Waals surface area contributed by atoms with Crippen molar-refractivity contribution in [3.8, 4) is 0 Å². The lowest BCUT2D eigenvalue weighted by molar-refractivity contribution is -0.133. The number of benzene rings is 2. The van der Waals surface area contributed by atoms with E-state index < -0.39 is 5.41 Å². The van der Waals surface area contributed by atoms with E-state index in [-0.39, 0.29) is 35.0 Å². The van der Waals surface area contributed by atoms with Gasteiger partial charge in [0.25, 0.3) is 0 Å². The second-order valence-electron chi connectivity index (χ2n) is 12.0. The number of Topliss-reactive ketones (excluding diaryl/α,β-unsaturated/α-hetero) is 2. The standard InChI is InChI=1S/C31H39N3O2/c1-30(2)16-24-28(29(36)31(30,3)4)26(21-12-8-19(17-32)9-13-21)27-23(6-5-7-25(27)35)34(24)22-14-10-20(18-33)11-15-22/h8-15,23-24,27H,5-7,16-18,32-33H2,1-4H3. The molecule has 3 unspecified atom stereocenters. The van der Waals surface area contributed by atoms with Crippen molar-refractivity contribution < 1.29 is 9.59 Å². The summed E-state index contributed by atoms with van der Waals surface area (Å²) in [7, 11) is 0. The molecule has 36 heavy (non-hydrogen) atoms. The van der Waals surface area contributed by atoms with Crippen LogP contribution in [0.3, 0.4) is 0 Å². The molecule has 190 valence electrons. The largest absolute Gasteiger partial charge is 0.360 e. The highest BCUT2D eigenvalue weighted by atomic mass is 16.1. The van der Waals surface area contributed by atoms with Crippen molar-refractivity contribution in [3.05, 3.63) is 70.8 Å². The highest BCUT2D eigenvalue weighted by Crippen LogP contribution is 2.57. The number of fused-ring (bicyclic) bond motifs is 2. The van der Waals surface area contributed by atoms with Gasteiger partial charge in [0.2, 0.25) is 0 Å². The molecule has 5 nitrogen and oxygen atoms in total. The molecule has 3 aliphatic rings. The maximum atomic E-state index is 14.4. The lowest BCUT2D eigenvalue weighted by atomic mass is 9.53.